The zero-order valence-corrected chi connectivity index (χ0v) is 15.9. The molecular formula is C22H18N4OS. The van der Waals surface area contributed by atoms with Crippen LogP contribution in [-0.4, -0.2) is 26.7 Å². The van der Waals surface area contributed by atoms with Gasteiger partial charge in [-0.3, -0.25) is 9.20 Å². The van der Waals surface area contributed by atoms with Crippen molar-refractivity contribution < 1.29 is 4.79 Å². The molecule has 0 saturated heterocycles. The topological polar surface area (TPSA) is 49.6 Å². The molecule has 0 radical (unpaired) electrons. The Morgan fingerprint density at radius 3 is 2.75 bits per heavy atom. The van der Waals surface area contributed by atoms with E-state index in [2.05, 4.69) is 16.3 Å². The molecule has 5 nitrogen and oxygen atoms in total. The smallest absolute Gasteiger partial charge is 0.258 e. The summed E-state index contributed by atoms with van der Waals surface area (Å²) in [5.41, 5.74) is 4.37. The van der Waals surface area contributed by atoms with Gasteiger partial charge in [-0.2, -0.15) is 0 Å². The number of rotatable bonds is 4. The minimum Gasteiger partial charge on any atom is -0.359 e. The molecule has 5 rings (SSSR count). The number of hydrogen-bond acceptors (Lipinski definition) is 4. The van der Waals surface area contributed by atoms with Crippen LogP contribution in [0.15, 0.2) is 78.8 Å². The average Bonchev–Trinajstić information content (AvgIpc) is 3.32. The predicted molar refractivity (Wildman–Crippen MR) is 113 cm³/mol. The fraction of sp³-hybridized carbons (Fsp3) is 0.0909. The molecule has 0 aliphatic carbocycles. The van der Waals surface area contributed by atoms with Gasteiger partial charge >= 0.3 is 0 Å². The van der Waals surface area contributed by atoms with Crippen molar-refractivity contribution in [1.29, 1.82) is 0 Å². The van der Waals surface area contributed by atoms with E-state index in [1.54, 1.807) is 17.4 Å². The van der Waals surface area contributed by atoms with Gasteiger partial charge in [0.2, 0.25) is 0 Å². The number of benzene rings is 2. The Hall–Kier alpha value is -3.38. The zero-order valence-electron chi connectivity index (χ0n) is 15.1. The lowest BCUT2D eigenvalue weighted by Crippen LogP contribution is -2.43. The molecule has 4 aromatic rings. The highest BCUT2D eigenvalue weighted by Gasteiger charge is 2.36. The summed E-state index contributed by atoms with van der Waals surface area (Å²) in [4.78, 5) is 20.8. The van der Waals surface area contributed by atoms with Gasteiger partial charge in [0.25, 0.3) is 5.91 Å². The molecule has 0 saturated carbocycles. The van der Waals surface area contributed by atoms with Gasteiger partial charge in [0.15, 0.2) is 4.96 Å². The van der Waals surface area contributed by atoms with Crippen LogP contribution in [0.2, 0.25) is 0 Å². The minimum atomic E-state index is -0.347. The molecule has 0 spiro atoms. The third kappa shape index (κ3) is 2.53. The summed E-state index contributed by atoms with van der Waals surface area (Å²) in [6.45, 7) is 4.29. The van der Waals surface area contributed by atoms with Crippen molar-refractivity contribution in [2.24, 2.45) is 0 Å². The summed E-state index contributed by atoms with van der Waals surface area (Å²) in [6, 6.07) is 17.7. The van der Waals surface area contributed by atoms with Gasteiger partial charge in [-0.25, -0.2) is 4.98 Å². The van der Waals surface area contributed by atoms with E-state index in [0.29, 0.717) is 12.1 Å². The van der Waals surface area contributed by atoms with Crippen molar-refractivity contribution in [3.05, 3.63) is 90.1 Å². The maximum absolute atomic E-state index is 13.2. The lowest BCUT2D eigenvalue weighted by atomic mass is 10.0. The van der Waals surface area contributed by atoms with Crippen LogP contribution < -0.4 is 5.32 Å². The fourth-order valence-corrected chi connectivity index (χ4v) is 4.43. The number of para-hydroxylation sites is 1. The van der Waals surface area contributed by atoms with Gasteiger partial charge in [0.1, 0.15) is 6.17 Å². The first-order valence-corrected chi connectivity index (χ1v) is 9.94. The van der Waals surface area contributed by atoms with Crippen LogP contribution in [0, 0.1) is 0 Å². The highest BCUT2D eigenvalue weighted by Crippen LogP contribution is 2.38. The molecule has 0 bridgehead atoms. The van der Waals surface area contributed by atoms with E-state index in [1.807, 2.05) is 71.1 Å². The Labute approximate surface area is 166 Å². The normalized spacial score (nSPS) is 16.1. The second-order valence-corrected chi connectivity index (χ2v) is 7.48. The van der Waals surface area contributed by atoms with E-state index in [0.717, 1.165) is 27.6 Å². The molecule has 2 aromatic heterocycles. The first-order chi connectivity index (χ1) is 13.8. The monoisotopic (exact) mass is 386 g/mol. The lowest BCUT2D eigenvalue weighted by molar-refractivity contribution is 0.0704. The first-order valence-electron chi connectivity index (χ1n) is 9.06. The van der Waals surface area contributed by atoms with Crippen LogP contribution in [0.1, 0.15) is 22.2 Å². The summed E-state index contributed by atoms with van der Waals surface area (Å²) in [6.07, 6.45) is 3.42. The van der Waals surface area contributed by atoms with Crippen LogP contribution in [0.3, 0.4) is 0 Å². The number of fused-ring (bicyclic) bond motifs is 2. The highest BCUT2D eigenvalue weighted by molar-refractivity contribution is 7.15. The number of imidazole rings is 1. The summed E-state index contributed by atoms with van der Waals surface area (Å²) < 4.78 is 2.07. The van der Waals surface area contributed by atoms with Crippen molar-refractivity contribution in [3.63, 3.8) is 0 Å². The van der Waals surface area contributed by atoms with Crippen molar-refractivity contribution in [2.45, 2.75) is 6.17 Å². The molecule has 138 valence electrons. The molecule has 1 atom stereocenters. The first kappa shape index (κ1) is 16.8. The van der Waals surface area contributed by atoms with E-state index in [1.165, 1.54) is 0 Å². The highest BCUT2D eigenvalue weighted by atomic mass is 32.1. The van der Waals surface area contributed by atoms with Crippen molar-refractivity contribution in [2.75, 3.05) is 11.9 Å². The Morgan fingerprint density at radius 2 is 1.93 bits per heavy atom. The largest absolute Gasteiger partial charge is 0.359 e. The summed E-state index contributed by atoms with van der Waals surface area (Å²) in [5, 5.41) is 5.57. The van der Waals surface area contributed by atoms with Crippen molar-refractivity contribution in [3.8, 4) is 11.3 Å². The Morgan fingerprint density at radius 1 is 1.14 bits per heavy atom. The molecule has 2 aromatic carbocycles. The van der Waals surface area contributed by atoms with Gasteiger partial charge in [0, 0.05) is 29.4 Å². The number of thiazole rings is 1. The number of carbonyl (C=O) groups is 1. The SMILES string of the molecule is C=CCN1C(=O)c2ccccc2N[C@@H]1c1c(-c2ccccc2)nc2sccn12. The number of hydrogen-bond donors (Lipinski definition) is 1. The molecule has 28 heavy (non-hydrogen) atoms. The van der Waals surface area contributed by atoms with Gasteiger partial charge < -0.3 is 10.2 Å². The van der Waals surface area contributed by atoms with Crippen LogP contribution in [-0.2, 0) is 0 Å². The standard InChI is InChI=1S/C22H18N4OS/c1-2-12-26-20(23-17-11-7-6-10-16(17)21(26)27)19-18(15-8-4-3-5-9-15)24-22-25(19)13-14-28-22/h2-11,13-14,20,23H,1,12H2/t20-/m0/s1. The lowest BCUT2D eigenvalue weighted by Gasteiger charge is -2.37. The van der Waals surface area contributed by atoms with Gasteiger partial charge in [0.05, 0.1) is 17.0 Å². The third-order valence-electron chi connectivity index (χ3n) is 4.95. The van der Waals surface area contributed by atoms with Gasteiger partial charge in [-0.1, -0.05) is 48.5 Å². The number of carbonyl (C=O) groups excluding carboxylic acids is 1. The molecule has 1 N–H and O–H groups in total. The fourth-order valence-electron chi connectivity index (χ4n) is 3.71. The van der Waals surface area contributed by atoms with Gasteiger partial charge in [-0.15, -0.1) is 17.9 Å². The van der Waals surface area contributed by atoms with E-state index in [-0.39, 0.29) is 12.1 Å². The number of anilines is 1. The second-order valence-electron chi connectivity index (χ2n) is 6.61. The molecule has 3 heterocycles. The van der Waals surface area contributed by atoms with E-state index >= 15 is 0 Å². The second kappa shape index (κ2) is 6.65. The molecule has 1 aliphatic heterocycles. The van der Waals surface area contributed by atoms with E-state index < -0.39 is 0 Å². The molecule has 6 heteroatoms. The maximum atomic E-state index is 13.2. The Balaban J connectivity index is 1.73. The van der Waals surface area contributed by atoms with E-state index in [4.69, 9.17) is 4.98 Å². The third-order valence-corrected chi connectivity index (χ3v) is 5.71. The van der Waals surface area contributed by atoms with Crippen LogP contribution >= 0.6 is 11.3 Å². The Kier molecular flexibility index (Phi) is 3.98. The van der Waals surface area contributed by atoms with Crippen LogP contribution in [0.5, 0.6) is 0 Å². The number of nitrogens with zero attached hydrogens (tertiary/aromatic N) is 3. The molecule has 0 fully saturated rings. The summed E-state index contributed by atoms with van der Waals surface area (Å²) >= 11 is 1.58. The van der Waals surface area contributed by atoms with Crippen LogP contribution in [0.4, 0.5) is 5.69 Å². The number of amides is 1. The molecular weight excluding hydrogens is 368 g/mol. The van der Waals surface area contributed by atoms with Gasteiger partial charge in [-0.05, 0) is 12.1 Å². The van der Waals surface area contributed by atoms with Crippen molar-refractivity contribution in [1.82, 2.24) is 14.3 Å². The molecule has 1 amide bonds. The summed E-state index contributed by atoms with van der Waals surface area (Å²) in [5.74, 6) is -0.0107. The molecule has 0 unspecified atom stereocenters. The van der Waals surface area contributed by atoms with Crippen LogP contribution in [0.25, 0.3) is 16.2 Å². The zero-order chi connectivity index (χ0) is 19.1. The molecule has 1 aliphatic rings. The minimum absolute atomic E-state index is 0.0107. The number of nitrogens with one attached hydrogen (secondary N) is 1. The van der Waals surface area contributed by atoms with Crippen molar-refractivity contribution >= 4 is 27.9 Å². The Bertz CT molecular complexity index is 1180. The summed E-state index contributed by atoms with van der Waals surface area (Å²) in [7, 11) is 0. The quantitative estimate of drug-likeness (QED) is 0.512. The average molecular weight is 386 g/mol. The maximum Gasteiger partial charge on any atom is 0.258 e. The predicted octanol–water partition coefficient (Wildman–Crippen LogP) is 4.82. The number of aromatic nitrogens is 2. The van der Waals surface area contributed by atoms with E-state index in [9.17, 15) is 4.79 Å².